The highest BCUT2D eigenvalue weighted by Crippen LogP contribution is 2.47. The molecule has 1 aliphatic heterocycles. The molecule has 0 aromatic heterocycles. The average molecular weight is 330 g/mol. The van der Waals surface area contributed by atoms with Crippen molar-refractivity contribution in [2.24, 2.45) is 0 Å². The van der Waals surface area contributed by atoms with Crippen LogP contribution in [0, 0.1) is 0 Å². The zero-order chi connectivity index (χ0) is 16.1. The van der Waals surface area contributed by atoms with E-state index in [2.05, 4.69) is 34.5 Å². The van der Waals surface area contributed by atoms with Crippen molar-refractivity contribution in [3.05, 3.63) is 48.5 Å². The molecule has 1 aliphatic rings. The highest BCUT2D eigenvalue weighted by molar-refractivity contribution is 7.99. The number of nitrogens with one attached hydrogen (secondary N) is 1. The summed E-state index contributed by atoms with van der Waals surface area (Å²) in [6.07, 6.45) is 0.233. The molecule has 2 aromatic rings. The van der Waals surface area contributed by atoms with Gasteiger partial charge in [0.05, 0.1) is 24.0 Å². The van der Waals surface area contributed by atoms with E-state index in [0.29, 0.717) is 19.5 Å². The van der Waals surface area contributed by atoms with E-state index in [-0.39, 0.29) is 6.61 Å². The smallest absolute Gasteiger partial charge is 0.0843 e. The number of hydrogen-bond donors (Lipinski definition) is 3. The van der Waals surface area contributed by atoms with Gasteiger partial charge in [0.1, 0.15) is 0 Å². The van der Waals surface area contributed by atoms with Gasteiger partial charge in [0.2, 0.25) is 0 Å². The average Bonchev–Trinajstić information content (AvgIpc) is 2.58. The second-order valence-electron chi connectivity index (χ2n) is 5.58. The summed E-state index contributed by atoms with van der Waals surface area (Å²) < 4.78 is 0. The van der Waals surface area contributed by atoms with E-state index in [4.69, 9.17) is 5.11 Å². The minimum absolute atomic E-state index is 0.174. The number of benzene rings is 2. The summed E-state index contributed by atoms with van der Waals surface area (Å²) in [4.78, 5) is 4.62. The Balaban J connectivity index is 1.76. The molecule has 0 spiro atoms. The minimum atomic E-state index is -0.474. The highest BCUT2D eigenvalue weighted by atomic mass is 32.2. The lowest BCUT2D eigenvalue weighted by Crippen LogP contribution is -2.37. The SMILES string of the molecule is OCCCNC[C@H](O)CN1c2ccccc2Sc2ccccc21. The molecule has 4 nitrogen and oxygen atoms in total. The van der Waals surface area contributed by atoms with Crippen LogP contribution in [0.15, 0.2) is 58.3 Å². The lowest BCUT2D eigenvalue weighted by molar-refractivity contribution is 0.177. The molecule has 0 unspecified atom stereocenters. The molecule has 0 aliphatic carbocycles. The number of anilines is 2. The van der Waals surface area contributed by atoms with Gasteiger partial charge in [-0.05, 0) is 37.2 Å². The molecule has 3 N–H and O–H groups in total. The molecule has 2 aromatic carbocycles. The number of rotatable bonds is 7. The maximum Gasteiger partial charge on any atom is 0.0843 e. The standard InChI is InChI=1S/C18H22N2O2S/c21-11-5-10-19-12-14(22)13-20-15-6-1-3-8-17(15)23-18-9-4-2-7-16(18)20/h1-4,6-9,14,19,21-22H,5,10-13H2/t14-/m0/s1. The van der Waals surface area contributed by atoms with Crippen LogP contribution in [-0.2, 0) is 0 Å². The number of β-amino-alcohol motifs (C(OH)–C–C–N with tert-alkyl or cyclic N) is 1. The van der Waals surface area contributed by atoms with Gasteiger partial charge >= 0.3 is 0 Å². The maximum absolute atomic E-state index is 10.4. The molecule has 1 atom stereocenters. The van der Waals surface area contributed by atoms with Crippen LogP contribution in [0.3, 0.4) is 0 Å². The van der Waals surface area contributed by atoms with E-state index in [0.717, 1.165) is 17.9 Å². The summed E-state index contributed by atoms with van der Waals surface area (Å²) in [5.74, 6) is 0. The van der Waals surface area contributed by atoms with Crippen molar-refractivity contribution in [3.8, 4) is 0 Å². The molecule has 3 rings (SSSR count). The van der Waals surface area contributed by atoms with Crippen LogP contribution >= 0.6 is 11.8 Å². The topological polar surface area (TPSA) is 55.7 Å². The van der Waals surface area contributed by atoms with Crippen LogP contribution < -0.4 is 10.2 Å². The van der Waals surface area contributed by atoms with E-state index >= 15 is 0 Å². The fourth-order valence-electron chi connectivity index (χ4n) is 2.73. The number of hydrogen-bond acceptors (Lipinski definition) is 5. The van der Waals surface area contributed by atoms with Crippen LogP contribution in [0.4, 0.5) is 11.4 Å². The van der Waals surface area contributed by atoms with Crippen molar-refractivity contribution in [1.82, 2.24) is 5.32 Å². The molecule has 0 fully saturated rings. The van der Waals surface area contributed by atoms with E-state index in [1.807, 2.05) is 24.3 Å². The van der Waals surface area contributed by atoms with Crippen LogP contribution in [0.2, 0.25) is 0 Å². The molecule has 122 valence electrons. The normalized spacial score (nSPS) is 14.3. The van der Waals surface area contributed by atoms with Gasteiger partial charge in [-0.1, -0.05) is 36.0 Å². The van der Waals surface area contributed by atoms with Crippen molar-refractivity contribution in [2.45, 2.75) is 22.3 Å². The second kappa shape index (κ2) is 7.84. The third-order valence-electron chi connectivity index (χ3n) is 3.82. The van der Waals surface area contributed by atoms with Gasteiger partial charge in [0.25, 0.3) is 0 Å². The number of fused-ring (bicyclic) bond motifs is 2. The third-order valence-corrected chi connectivity index (χ3v) is 4.95. The van der Waals surface area contributed by atoms with E-state index in [1.54, 1.807) is 11.8 Å². The predicted octanol–water partition coefficient (Wildman–Crippen LogP) is 2.62. The molecule has 0 saturated heterocycles. The molecule has 1 heterocycles. The summed E-state index contributed by atoms with van der Waals surface area (Å²) in [6, 6.07) is 16.6. The van der Waals surface area contributed by atoms with E-state index in [1.165, 1.54) is 9.79 Å². The first-order chi connectivity index (χ1) is 11.3. The Hall–Kier alpha value is -1.53. The second-order valence-corrected chi connectivity index (χ2v) is 6.67. The van der Waals surface area contributed by atoms with Crippen LogP contribution in [-0.4, -0.2) is 42.6 Å². The summed E-state index contributed by atoms with van der Waals surface area (Å²) in [5.41, 5.74) is 2.29. The van der Waals surface area contributed by atoms with Gasteiger partial charge in [-0.2, -0.15) is 0 Å². The molecule has 0 bridgehead atoms. The van der Waals surface area contributed by atoms with Gasteiger partial charge in [-0.25, -0.2) is 0 Å². The van der Waals surface area contributed by atoms with Gasteiger partial charge in [0.15, 0.2) is 0 Å². The Bertz CT molecular complexity index is 605. The van der Waals surface area contributed by atoms with Crippen molar-refractivity contribution < 1.29 is 10.2 Å². The number of nitrogens with zero attached hydrogens (tertiary/aromatic N) is 1. The van der Waals surface area contributed by atoms with Crippen molar-refractivity contribution in [3.63, 3.8) is 0 Å². The summed E-state index contributed by atoms with van der Waals surface area (Å²) >= 11 is 1.77. The molecule has 23 heavy (non-hydrogen) atoms. The van der Waals surface area contributed by atoms with Gasteiger partial charge < -0.3 is 20.4 Å². The predicted molar refractivity (Wildman–Crippen MR) is 94.6 cm³/mol. The lowest BCUT2D eigenvalue weighted by atomic mass is 10.2. The Labute approximate surface area is 141 Å². The monoisotopic (exact) mass is 330 g/mol. The summed E-state index contributed by atoms with van der Waals surface area (Å²) in [7, 11) is 0. The fourth-order valence-corrected chi connectivity index (χ4v) is 3.82. The third kappa shape index (κ3) is 3.87. The van der Waals surface area contributed by atoms with Gasteiger partial charge in [-0.3, -0.25) is 0 Å². The van der Waals surface area contributed by atoms with Crippen LogP contribution in [0.1, 0.15) is 6.42 Å². The van der Waals surface area contributed by atoms with E-state index in [9.17, 15) is 5.11 Å². The Kier molecular flexibility index (Phi) is 5.56. The lowest BCUT2D eigenvalue weighted by Gasteiger charge is -2.34. The summed E-state index contributed by atoms with van der Waals surface area (Å²) in [5, 5.41) is 22.4. The van der Waals surface area contributed by atoms with Crippen molar-refractivity contribution >= 4 is 23.1 Å². The van der Waals surface area contributed by atoms with Crippen molar-refractivity contribution in [2.75, 3.05) is 31.1 Å². The largest absolute Gasteiger partial charge is 0.396 e. The van der Waals surface area contributed by atoms with Crippen LogP contribution in [0.25, 0.3) is 0 Å². The number of aliphatic hydroxyl groups excluding tert-OH is 2. The molecule has 0 amide bonds. The minimum Gasteiger partial charge on any atom is -0.396 e. The van der Waals surface area contributed by atoms with Gasteiger partial charge in [-0.15, -0.1) is 0 Å². The maximum atomic E-state index is 10.4. The zero-order valence-electron chi connectivity index (χ0n) is 13.0. The first-order valence-corrected chi connectivity index (χ1v) is 8.74. The fraction of sp³-hybridized carbons (Fsp3) is 0.333. The first kappa shape index (κ1) is 16.3. The molecule has 5 heteroatoms. The summed E-state index contributed by atoms with van der Waals surface area (Å²) in [6.45, 7) is 1.96. The zero-order valence-corrected chi connectivity index (χ0v) is 13.8. The molecule has 0 saturated carbocycles. The van der Waals surface area contributed by atoms with Crippen LogP contribution in [0.5, 0.6) is 0 Å². The number of aliphatic hydroxyl groups is 2. The van der Waals surface area contributed by atoms with Gasteiger partial charge in [0, 0.05) is 22.9 Å². The Morgan fingerprint density at radius 3 is 2.22 bits per heavy atom. The molecular weight excluding hydrogens is 308 g/mol. The van der Waals surface area contributed by atoms with E-state index < -0.39 is 6.10 Å². The quantitative estimate of drug-likeness (QED) is 0.682. The number of para-hydroxylation sites is 2. The Morgan fingerprint density at radius 2 is 1.61 bits per heavy atom. The molecule has 0 radical (unpaired) electrons. The molecular formula is C18H22N2O2S. The highest BCUT2D eigenvalue weighted by Gasteiger charge is 2.24. The van der Waals surface area contributed by atoms with Crippen molar-refractivity contribution in [1.29, 1.82) is 0 Å². The Morgan fingerprint density at radius 1 is 1.00 bits per heavy atom. The first-order valence-electron chi connectivity index (χ1n) is 7.92.